The van der Waals surface area contributed by atoms with Crippen LogP contribution in [0.25, 0.3) is 0 Å². The first kappa shape index (κ1) is 24.8. The van der Waals surface area contributed by atoms with E-state index < -0.39 is 12.8 Å². The maximum Gasteiger partial charge on any atom is 0.422 e. The molecule has 0 bridgehead atoms. The van der Waals surface area contributed by atoms with Gasteiger partial charge in [-0.2, -0.15) is 13.2 Å². The fourth-order valence-corrected chi connectivity index (χ4v) is 3.02. The third kappa shape index (κ3) is 9.81. The van der Waals surface area contributed by atoms with Crippen molar-refractivity contribution in [1.29, 1.82) is 0 Å². The SMILES string of the molecule is CN=C(NCc1ccc(OCC(F)(F)F)cc1)NCC(C)CN1CCCC1.I. The Labute approximate surface area is 182 Å². The summed E-state index contributed by atoms with van der Waals surface area (Å²) in [5, 5.41) is 6.54. The molecule has 1 fully saturated rings. The van der Waals surface area contributed by atoms with Crippen LogP contribution in [0.5, 0.6) is 5.75 Å². The third-order valence-corrected chi connectivity index (χ3v) is 4.40. The summed E-state index contributed by atoms with van der Waals surface area (Å²) >= 11 is 0. The molecule has 1 aliphatic rings. The molecule has 28 heavy (non-hydrogen) atoms. The number of likely N-dealkylation sites (tertiary alicyclic amines) is 1. The molecule has 2 rings (SSSR count). The van der Waals surface area contributed by atoms with Crippen LogP contribution >= 0.6 is 24.0 Å². The lowest BCUT2D eigenvalue weighted by Gasteiger charge is -2.21. The molecule has 5 nitrogen and oxygen atoms in total. The molecular formula is C19H30F3IN4O. The molecule has 1 aliphatic heterocycles. The van der Waals surface area contributed by atoms with Crippen molar-refractivity contribution in [3.63, 3.8) is 0 Å². The van der Waals surface area contributed by atoms with Gasteiger partial charge in [0.15, 0.2) is 12.6 Å². The van der Waals surface area contributed by atoms with Gasteiger partial charge >= 0.3 is 6.18 Å². The molecule has 2 N–H and O–H groups in total. The van der Waals surface area contributed by atoms with Gasteiger partial charge in [-0.15, -0.1) is 24.0 Å². The van der Waals surface area contributed by atoms with Gasteiger partial charge in [-0.1, -0.05) is 19.1 Å². The zero-order valence-corrected chi connectivity index (χ0v) is 18.7. The number of nitrogens with one attached hydrogen (secondary N) is 2. The highest BCUT2D eigenvalue weighted by Gasteiger charge is 2.28. The second-order valence-corrected chi connectivity index (χ2v) is 6.97. The van der Waals surface area contributed by atoms with Gasteiger partial charge in [-0.05, 0) is 49.5 Å². The Kier molecular flexibility index (Phi) is 10.9. The maximum atomic E-state index is 12.2. The predicted molar refractivity (Wildman–Crippen MR) is 116 cm³/mol. The Balaban J connectivity index is 0.00000392. The molecule has 1 unspecified atom stereocenters. The maximum absolute atomic E-state index is 12.2. The summed E-state index contributed by atoms with van der Waals surface area (Å²) in [5.41, 5.74) is 0.933. The highest BCUT2D eigenvalue weighted by atomic mass is 127. The average Bonchev–Trinajstić information content (AvgIpc) is 3.13. The second kappa shape index (κ2) is 12.4. The fraction of sp³-hybridized carbons (Fsp3) is 0.632. The summed E-state index contributed by atoms with van der Waals surface area (Å²) in [4.78, 5) is 6.70. The standard InChI is InChI=1S/C19H29F3N4O.HI/c1-15(13-26-9-3-4-10-26)11-24-18(23-2)25-12-16-5-7-17(8-6-16)27-14-19(20,21)22;/h5-8,15H,3-4,9-14H2,1-2H3,(H2,23,24,25);1H. The number of nitrogens with zero attached hydrogens (tertiary/aromatic N) is 2. The van der Waals surface area contributed by atoms with Crippen molar-refractivity contribution >= 4 is 29.9 Å². The molecule has 1 aromatic rings. The first-order valence-corrected chi connectivity index (χ1v) is 9.31. The Bertz CT molecular complexity index is 590. The van der Waals surface area contributed by atoms with Crippen molar-refractivity contribution in [3.8, 4) is 5.75 Å². The van der Waals surface area contributed by atoms with Crippen molar-refractivity contribution < 1.29 is 17.9 Å². The van der Waals surface area contributed by atoms with Gasteiger partial charge < -0.3 is 20.3 Å². The van der Waals surface area contributed by atoms with Crippen molar-refractivity contribution in [1.82, 2.24) is 15.5 Å². The smallest absolute Gasteiger partial charge is 0.422 e. The number of hydrogen-bond donors (Lipinski definition) is 2. The van der Waals surface area contributed by atoms with E-state index in [0.29, 0.717) is 18.4 Å². The fourth-order valence-electron chi connectivity index (χ4n) is 3.02. The van der Waals surface area contributed by atoms with E-state index in [-0.39, 0.29) is 29.7 Å². The van der Waals surface area contributed by atoms with E-state index in [9.17, 15) is 13.2 Å². The van der Waals surface area contributed by atoms with Gasteiger partial charge in [0.1, 0.15) is 5.75 Å². The van der Waals surface area contributed by atoms with Crippen LogP contribution in [-0.4, -0.2) is 56.9 Å². The number of ether oxygens (including phenoxy) is 1. The van der Waals surface area contributed by atoms with E-state index in [2.05, 4.69) is 27.4 Å². The van der Waals surface area contributed by atoms with Crippen LogP contribution in [0.3, 0.4) is 0 Å². The highest BCUT2D eigenvalue weighted by molar-refractivity contribution is 14.0. The summed E-state index contributed by atoms with van der Waals surface area (Å²) in [6, 6.07) is 6.55. The Morgan fingerprint density at radius 3 is 2.39 bits per heavy atom. The Hall–Kier alpha value is -1.23. The van der Waals surface area contributed by atoms with E-state index >= 15 is 0 Å². The van der Waals surface area contributed by atoms with Crippen LogP contribution in [0.4, 0.5) is 13.2 Å². The van der Waals surface area contributed by atoms with Crippen molar-refractivity contribution in [2.24, 2.45) is 10.9 Å². The second-order valence-electron chi connectivity index (χ2n) is 6.97. The zero-order valence-electron chi connectivity index (χ0n) is 16.4. The van der Waals surface area contributed by atoms with Crippen LogP contribution in [0, 0.1) is 5.92 Å². The zero-order chi connectivity index (χ0) is 19.7. The van der Waals surface area contributed by atoms with Crippen molar-refractivity contribution in [2.45, 2.75) is 32.5 Å². The molecule has 0 saturated carbocycles. The van der Waals surface area contributed by atoms with E-state index in [1.54, 1.807) is 19.2 Å². The molecule has 1 aromatic carbocycles. The summed E-state index contributed by atoms with van der Waals surface area (Å²) in [6.07, 6.45) is -1.74. The van der Waals surface area contributed by atoms with Gasteiger partial charge in [0, 0.05) is 26.7 Å². The number of aliphatic imine (C=N–C) groups is 1. The molecule has 1 heterocycles. The van der Waals surface area contributed by atoms with E-state index in [4.69, 9.17) is 4.74 Å². The number of halogens is 4. The van der Waals surface area contributed by atoms with Gasteiger partial charge in [0.25, 0.3) is 0 Å². The van der Waals surface area contributed by atoms with Gasteiger partial charge in [-0.3, -0.25) is 4.99 Å². The lowest BCUT2D eigenvalue weighted by atomic mass is 10.1. The Morgan fingerprint density at radius 2 is 1.82 bits per heavy atom. The van der Waals surface area contributed by atoms with E-state index in [1.807, 2.05) is 0 Å². The molecule has 9 heteroatoms. The highest BCUT2D eigenvalue weighted by Crippen LogP contribution is 2.18. The molecular weight excluding hydrogens is 484 g/mol. The topological polar surface area (TPSA) is 48.9 Å². The van der Waals surface area contributed by atoms with Gasteiger partial charge in [-0.25, -0.2) is 0 Å². The minimum Gasteiger partial charge on any atom is -0.484 e. The normalized spacial score (nSPS) is 16.4. The third-order valence-electron chi connectivity index (χ3n) is 4.40. The number of rotatable bonds is 8. The summed E-state index contributed by atoms with van der Waals surface area (Å²) in [6.45, 7) is 5.78. The van der Waals surface area contributed by atoms with Gasteiger partial charge in [0.2, 0.25) is 0 Å². The molecule has 0 radical (unpaired) electrons. The minimum atomic E-state index is -4.33. The first-order chi connectivity index (χ1) is 12.9. The summed E-state index contributed by atoms with van der Waals surface area (Å²) in [5.74, 6) is 1.43. The summed E-state index contributed by atoms with van der Waals surface area (Å²) < 4.78 is 41.2. The molecule has 0 spiro atoms. The molecule has 0 aromatic heterocycles. The number of alkyl halides is 3. The largest absolute Gasteiger partial charge is 0.484 e. The molecule has 160 valence electrons. The first-order valence-electron chi connectivity index (χ1n) is 9.31. The molecule has 1 atom stereocenters. The lowest BCUT2D eigenvalue weighted by molar-refractivity contribution is -0.153. The molecule has 0 amide bonds. The lowest BCUT2D eigenvalue weighted by Crippen LogP contribution is -2.41. The number of guanidine groups is 1. The Morgan fingerprint density at radius 1 is 1.18 bits per heavy atom. The van der Waals surface area contributed by atoms with Crippen molar-refractivity contribution in [3.05, 3.63) is 29.8 Å². The predicted octanol–water partition coefficient (Wildman–Crippen LogP) is 3.64. The van der Waals surface area contributed by atoms with Crippen LogP contribution in [-0.2, 0) is 6.54 Å². The summed E-state index contributed by atoms with van der Waals surface area (Å²) in [7, 11) is 1.72. The van der Waals surface area contributed by atoms with E-state index in [0.717, 1.165) is 18.7 Å². The van der Waals surface area contributed by atoms with Crippen LogP contribution in [0.2, 0.25) is 0 Å². The molecule has 1 saturated heterocycles. The van der Waals surface area contributed by atoms with E-state index in [1.165, 1.54) is 38.1 Å². The van der Waals surface area contributed by atoms with Crippen LogP contribution < -0.4 is 15.4 Å². The van der Waals surface area contributed by atoms with Crippen LogP contribution in [0.15, 0.2) is 29.3 Å². The van der Waals surface area contributed by atoms with Gasteiger partial charge in [0.05, 0.1) is 0 Å². The quantitative estimate of drug-likeness (QED) is 0.316. The monoisotopic (exact) mass is 514 g/mol. The van der Waals surface area contributed by atoms with Crippen LogP contribution in [0.1, 0.15) is 25.3 Å². The molecule has 0 aliphatic carbocycles. The van der Waals surface area contributed by atoms with Crippen molar-refractivity contribution in [2.75, 3.05) is 39.8 Å². The minimum absolute atomic E-state index is 0. The number of hydrogen-bond acceptors (Lipinski definition) is 3. The average molecular weight is 514 g/mol. The number of benzene rings is 1.